The van der Waals surface area contributed by atoms with Crippen molar-refractivity contribution in [1.82, 2.24) is 5.32 Å². The van der Waals surface area contributed by atoms with Crippen LogP contribution in [0.1, 0.15) is 20.3 Å². The number of carbonyl (C=O) groups is 2. The summed E-state index contributed by atoms with van der Waals surface area (Å²) in [6.07, 6.45) is 0.0751. The van der Waals surface area contributed by atoms with Gasteiger partial charge in [-0.3, -0.25) is 9.59 Å². The fraction of sp³-hybridized carbons (Fsp3) is 0.286. The van der Waals surface area contributed by atoms with E-state index in [0.717, 1.165) is 10.2 Å². The summed E-state index contributed by atoms with van der Waals surface area (Å²) in [5.41, 5.74) is 1.47. The SMILES string of the molecule is CC(C)=N/N=C1\NC(=O)[C@H](CC(=O)Nc2ccccc2Br)S1. The predicted octanol–water partition coefficient (Wildman–Crippen LogP) is 2.76. The van der Waals surface area contributed by atoms with Crippen molar-refractivity contribution in [3.05, 3.63) is 28.7 Å². The van der Waals surface area contributed by atoms with Crippen LogP contribution in [0.15, 0.2) is 38.9 Å². The fourth-order valence-corrected chi connectivity index (χ4v) is 2.97. The molecule has 6 nitrogen and oxygen atoms in total. The lowest BCUT2D eigenvalue weighted by atomic mass is 10.2. The van der Waals surface area contributed by atoms with E-state index >= 15 is 0 Å². The molecule has 2 rings (SSSR count). The Labute approximate surface area is 141 Å². The highest BCUT2D eigenvalue weighted by Gasteiger charge is 2.32. The van der Waals surface area contributed by atoms with Gasteiger partial charge in [-0.1, -0.05) is 23.9 Å². The first-order valence-electron chi connectivity index (χ1n) is 6.56. The first-order valence-corrected chi connectivity index (χ1v) is 8.23. The molecule has 1 saturated heterocycles. The number of amidine groups is 1. The first-order chi connectivity index (χ1) is 10.5. The van der Waals surface area contributed by atoms with Crippen LogP contribution in [0.5, 0.6) is 0 Å². The van der Waals surface area contributed by atoms with Crippen molar-refractivity contribution in [1.29, 1.82) is 0 Å². The molecule has 0 spiro atoms. The van der Waals surface area contributed by atoms with Gasteiger partial charge >= 0.3 is 0 Å². The zero-order valence-corrected chi connectivity index (χ0v) is 14.5. The highest BCUT2D eigenvalue weighted by atomic mass is 79.9. The molecule has 0 aliphatic carbocycles. The molecule has 1 fully saturated rings. The van der Waals surface area contributed by atoms with Gasteiger partial charge in [0, 0.05) is 16.6 Å². The van der Waals surface area contributed by atoms with E-state index in [1.165, 1.54) is 11.8 Å². The molecule has 2 N–H and O–H groups in total. The lowest BCUT2D eigenvalue weighted by Crippen LogP contribution is -2.28. The number of hydrogen-bond donors (Lipinski definition) is 2. The molecule has 1 aliphatic rings. The topological polar surface area (TPSA) is 82.9 Å². The van der Waals surface area contributed by atoms with Gasteiger partial charge in [0.25, 0.3) is 0 Å². The summed E-state index contributed by atoms with van der Waals surface area (Å²) in [7, 11) is 0. The van der Waals surface area contributed by atoms with Gasteiger partial charge in [-0.2, -0.15) is 5.10 Å². The Morgan fingerprint density at radius 1 is 1.41 bits per heavy atom. The Bertz CT molecular complexity index is 656. The van der Waals surface area contributed by atoms with Gasteiger partial charge in [-0.15, -0.1) is 5.10 Å². The minimum atomic E-state index is -0.492. The number of anilines is 1. The third kappa shape index (κ3) is 4.67. The maximum absolute atomic E-state index is 12.0. The van der Waals surface area contributed by atoms with Gasteiger partial charge in [0.05, 0.1) is 5.69 Å². The number of nitrogens with one attached hydrogen (secondary N) is 2. The normalized spacial score (nSPS) is 19.0. The molecule has 1 aliphatic heterocycles. The fourth-order valence-electron chi connectivity index (χ4n) is 1.66. The van der Waals surface area contributed by atoms with Gasteiger partial charge < -0.3 is 10.6 Å². The second kappa shape index (κ2) is 7.55. The zero-order chi connectivity index (χ0) is 16.1. The van der Waals surface area contributed by atoms with Crippen molar-refractivity contribution in [2.75, 3.05) is 5.32 Å². The molecule has 1 aromatic rings. The van der Waals surface area contributed by atoms with Crippen molar-refractivity contribution in [3.8, 4) is 0 Å². The summed E-state index contributed by atoms with van der Waals surface area (Å²) < 4.78 is 0.793. The molecular formula is C14H15BrN4O2S. The standard InChI is InChI=1S/C14H15BrN4O2S/c1-8(2)18-19-14-17-13(21)11(22-14)7-12(20)16-10-6-4-3-5-9(10)15/h3-6,11H,7H2,1-2H3,(H,16,20)(H,17,19,21)/t11-/m0/s1. The van der Waals surface area contributed by atoms with E-state index in [4.69, 9.17) is 0 Å². The van der Waals surface area contributed by atoms with Crippen LogP contribution in [0.3, 0.4) is 0 Å². The number of nitrogens with zero attached hydrogens (tertiary/aromatic N) is 2. The molecule has 0 unspecified atom stereocenters. The molecule has 8 heteroatoms. The Morgan fingerprint density at radius 3 is 2.82 bits per heavy atom. The number of rotatable bonds is 4. The second-order valence-corrected chi connectivity index (χ2v) is 6.83. The van der Waals surface area contributed by atoms with Crippen LogP contribution in [0, 0.1) is 0 Å². The molecule has 1 heterocycles. The van der Waals surface area contributed by atoms with E-state index in [1.54, 1.807) is 6.07 Å². The largest absolute Gasteiger partial charge is 0.325 e. The van der Waals surface area contributed by atoms with Crippen LogP contribution in [0.25, 0.3) is 0 Å². The van der Waals surface area contributed by atoms with Crippen LogP contribution < -0.4 is 10.6 Å². The van der Waals surface area contributed by atoms with Crippen LogP contribution in [-0.4, -0.2) is 27.9 Å². The zero-order valence-electron chi connectivity index (χ0n) is 12.1. The Kier molecular flexibility index (Phi) is 5.73. The van der Waals surface area contributed by atoms with Gasteiger partial charge in [0.1, 0.15) is 5.25 Å². The van der Waals surface area contributed by atoms with Crippen LogP contribution in [0.4, 0.5) is 5.69 Å². The molecule has 116 valence electrons. The molecular weight excluding hydrogens is 368 g/mol. The summed E-state index contributed by atoms with van der Waals surface area (Å²) in [4.78, 5) is 23.9. The number of amides is 2. The van der Waals surface area contributed by atoms with E-state index in [2.05, 4.69) is 36.8 Å². The smallest absolute Gasteiger partial charge is 0.240 e. The minimum absolute atomic E-state index is 0.0751. The summed E-state index contributed by atoms with van der Waals surface area (Å²) >= 11 is 4.57. The van der Waals surface area contributed by atoms with Gasteiger partial charge in [0.15, 0.2) is 5.17 Å². The van der Waals surface area contributed by atoms with Crippen molar-refractivity contribution in [2.45, 2.75) is 25.5 Å². The number of hydrogen-bond acceptors (Lipinski definition) is 5. The van der Waals surface area contributed by atoms with E-state index in [-0.39, 0.29) is 18.2 Å². The first kappa shape index (κ1) is 16.7. The van der Waals surface area contributed by atoms with Crippen LogP contribution >= 0.6 is 27.7 Å². The number of thioether (sulfide) groups is 1. The van der Waals surface area contributed by atoms with Gasteiger partial charge in [-0.05, 0) is 41.9 Å². The number of carbonyl (C=O) groups excluding carboxylic acids is 2. The van der Waals surface area contributed by atoms with Crippen molar-refractivity contribution in [3.63, 3.8) is 0 Å². The number of halogens is 1. The Hall–Kier alpha value is -1.67. The molecule has 22 heavy (non-hydrogen) atoms. The number of para-hydroxylation sites is 1. The van der Waals surface area contributed by atoms with E-state index in [1.807, 2.05) is 32.0 Å². The average Bonchev–Trinajstić information content (AvgIpc) is 2.79. The lowest BCUT2D eigenvalue weighted by Gasteiger charge is -2.08. The molecule has 0 radical (unpaired) electrons. The van der Waals surface area contributed by atoms with E-state index in [9.17, 15) is 9.59 Å². The van der Waals surface area contributed by atoms with Crippen molar-refractivity contribution >= 4 is 56.1 Å². The molecule has 1 aromatic carbocycles. The summed E-state index contributed by atoms with van der Waals surface area (Å²) in [6, 6.07) is 7.31. The predicted molar refractivity (Wildman–Crippen MR) is 93.1 cm³/mol. The molecule has 0 bridgehead atoms. The molecule has 0 aromatic heterocycles. The highest BCUT2D eigenvalue weighted by Crippen LogP contribution is 2.25. The maximum Gasteiger partial charge on any atom is 0.240 e. The van der Waals surface area contributed by atoms with E-state index < -0.39 is 5.25 Å². The van der Waals surface area contributed by atoms with Crippen LogP contribution in [-0.2, 0) is 9.59 Å². The van der Waals surface area contributed by atoms with Gasteiger partial charge in [0.2, 0.25) is 11.8 Å². The summed E-state index contributed by atoms with van der Waals surface area (Å²) in [5, 5.41) is 13.1. The molecule has 2 amide bonds. The third-order valence-corrected chi connectivity index (χ3v) is 4.40. The van der Waals surface area contributed by atoms with Crippen LogP contribution in [0.2, 0.25) is 0 Å². The lowest BCUT2D eigenvalue weighted by molar-refractivity contribution is -0.122. The highest BCUT2D eigenvalue weighted by molar-refractivity contribution is 9.10. The van der Waals surface area contributed by atoms with Crippen molar-refractivity contribution in [2.24, 2.45) is 10.2 Å². The number of benzene rings is 1. The average molecular weight is 383 g/mol. The molecule has 1 atom stereocenters. The monoisotopic (exact) mass is 382 g/mol. The van der Waals surface area contributed by atoms with E-state index in [0.29, 0.717) is 10.9 Å². The Morgan fingerprint density at radius 2 is 2.14 bits per heavy atom. The van der Waals surface area contributed by atoms with Crippen molar-refractivity contribution < 1.29 is 9.59 Å². The maximum atomic E-state index is 12.0. The second-order valence-electron chi connectivity index (χ2n) is 4.78. The third-order valence-electron chi connectivity index (χ3n) is 2.64. The Balaban J connectivity index is 1.95. The summed E-state index contributed by atoms with van der Waals surface area (Å²) in [6.45, 7) is 3.63. The van der Waals surface area contributed by atoms with Gasteiger partial charge in [-0.25, -0.2) is 0 Å². The molecule has 0 saturated carbocycles. The summed E-state index contributed by atoms with van der Waals surface area (Å²) in [5.74, 6) is -0.453. The minimum Gasteiger partial charge on any atom is -0.325 e. The quantitative estimate of drug-likeness (QED) is 0.620.